The fraction of sp³-hybridized carbons (Fsp3) is 0.619. The third-order valence-electron chi connectivity index (χ3n) is 5.79. The second-order valence-corrected chi connectivity index (χ2v) is 7.47. The zero-order valence-corrected chi connectivity index (χ0v) is 16.6. The number of piperazine rings is 1. The van der Waals surface area contributed by atoms with Gasteiger partial charge in [0.25, 0.3) is 5.91 Å². The lowest BCUT2D eigenvalue weighted by atomic mass is 9.88. The van der Waals surface area contributed by atoms with E-state index in [4.69, 9.17) is 9.47 Å². The lowest BCUT2D eigenvalue weighted by Gasteiger charge is -2.37. The van der Waals surface area contributed by atoms with Gasteiger partial charge in [0.15, 0.2) is 11.5 Å². The van der Waals surface area contributed by atoms with Crippen LogP contribution in [0.1, 0.15) is 48.0 Å². The maximum atomic E-state index is 13.0. The van der Waals surface area contributed by atoms with E-state index in [1.54, 1.807) is 20.3 Å². The number of methoxy groups -OCH3 is 2. The summed E-state index contributed by atoms with van der Waals surface area (Å²) in [6, 6.07) is 3.57. The second kappa shape index (κ2) is 8.63. The molecule has 1 aliphatic carbocycles. The van der Waals surface area contributed by atoms with Gasteiger partial charge in [-0.2, -0.15) is 0 Å². The molecule has 0 aromatic heterocycles. The maximum absolute atomic E-state index is 13.0. The number of nitrogens with zero attached hydrogens (tertiary/aromatic N) is 2. The Labute approximate surface area is 161 Å². The molecule has 2 amide bonds. The van der Waals surface area contributed by atoms with Gasteiger partial charge in [0.05, 0.1) is 14.2 Å². The lowest BCUT2D eigenvalue weighted by Crippen LogP contribution is -2.52. The van der Waals surface area contributed by atoms with E-state index >= 15 is 0 Å². The molecule has 6 nitrogen and oxygen atoms in total. The molecular formula is C21H30N2O4. The molecule has 0 unspecified atom stereocenters. The van der Waals surface area contributed by atoms with Crippen molar-refractivity contribution in [1.82, 2.24) is 9.80 Å². The van der Waals surface area contributed by atoms with Crippen molar-refractivity contribution in [2.24, 2.45) is 5.92 Å². The smallest absolute Gasteiger partial charge is 0.254 e. The van der Waals surface area contributed by atoms with Crippen LogP contribution in [-0.2, 0) is 4.79 Å². The van der Waals surface area contributed by atoms with Crippen molar-refractivity contribution >= 4 is 11.8 Å². The summed E-state index contributed by atoms with van der Waals surface area (Å²) in [5.74, 6) is 1.63. The van der Waals surface area contributed by atoms with Crippen LogP contribution in [0.5, 0.6) is 11.5 Å². The standard InChI is InChI=1S/C21H30N2O4/c1-15-13-18(26-2)19(27-3)14-17(15)21(25)23-11-9-22(10-12-23)20(24)16-7-5-4-6-8-16/h13-14,16H,4-12H2,1-3H3. The molecule has 0 radical (unpaired) electrons. The SMILES string of the molecule is COc1cc(C)c(C(=O)N2CCN(C(=O)C3CCCCC3)CC2)cc1OC. The van der Waals surface area contributed by atoms with Crippen LogP contribution in [0.25, 0.3) is 0 Å². The van der Waals surface area contributed by atoms with Crippen LogP contribution < -0.4 is 9.47 Å². The highest BCUT2D eigenvalue weighted by molar-refractivity contribution is 5.96. The number of carbonyl (C=O) groups excluding carboxylic acids is 2. The monoisotopic (exact) mass is 374 g/mol. The summed E-state index contributed by atoms with van der Waals surface area (Å²) in [5, 5.41) is 0. The van der Waals surface area contributed by atoms with E-state index in [9.17, 15) is 9.59 Å². The molecule has 1 aromatic rings. The van der Waals surface area contributed by atoms with Crippen molar-refractivity contribution in [2.75, 3.05) is 40.4 Å². The quantitative estimate of drug-likeness (QED) is 0.813. The number of hydrogen-bond acceptors (Lipinski definition) is 4. The third-order valence-corrected chi connectivity index (χ3v) is 5.79. The Balaban J connectivity index is 1.64. The highest BCUT2D eigenvalue weighted by Gasteiger charge is 2.30. The Hall–Kier alpha value is -2.24. The molecule has 148 valence electrons. The van der Waals surface area contributed by atoms with E-state index < -0.39 is 0 Å². The molecule has 1 aliphatic heterocycles. The molecule has 1 heterocycles. The average Bonchev–Trinajstić information content (AvgIpc) is 2.73. The highest BCUT2D eigenvalue weighted by Crippen LogP contribution is 2.31. The molecule has 27 heavy (non-hydrogen) atoms. The Morgan fingerprint density at radius 1 is 0.889 bits per heavy atom. The van der Waals surface area contributed by atoms with Gasteiger partial charge in [0.2, 0.25) is 5.91 Å². The van der Waals surface area contributed by atoms with E-state index in [1.165, 1.54) is 6.42 Å². The topological polar surface area (TPSA) is 59.1 Å². The number of hydrogen-bond donors (Lipinski definition) is 0. The third kappa shape index (κ3) is 4.20. The van der Waals surface area contributed by atoms with Crippen molar-refractivity contribution in [3.05, 3.63) is 23.3 Å². The number of rotatable bonds is 4. The molecule has 3 rings (SSSR count). The maximum Gasteiger partial charge on any atom is 0.254 e. The summed E-state index contributed by atoms with van der Waals surface area (Å²) in [6.07, 6.45) is 5.60. The summed E-state index contributed by atoms with van der Waals surface area (Å²) in [5.41, 5.74) is 1.48. The summed E-state index contributed by atoms with van der Waals surface area (Å²) in [6.45, 7) is 4.29. The van der Waals surface area contributed by atoms with E-state index in [1.807, 2.05) is 22.8 Å². The molecule has 0 N–H and O–H groups in total. The van der Waals surface area contributed by atoms with Gasteiger partial charge in [0, 0.05) is 37.7 Å². The Morgan fingerprint density at radius 2 is 1.44 bits per heavy atom. The number of benzene rings is 1. The van der Waals surface area contributed by atoms with Crippen LogP contribution in [0, 0.1) is 12.8 Å². The van der Waals surface area contributed by atoms with Crippen molar-refractivity contribution in [3.8, 4) is 11.5 Å². The summed E-state index contributed by atoms with van der Waals surface area (Å²) in [4.78, 5) is 29.5. The average molecular weight is 374 g/mol. The van der Waals surface area contributed by atoms with Crippen molar-refractivity contribution in [1.29, 1.82) is 0 Å². The first kappa shape index (κ1) is 19.5. The van der Waals surface area contributed by atoms with Gasteiger partial charge in [-0.1, -0.05) is 19.3 Å². The molecule has 2 fully saturated rings. The molecule has 1 aromatic carbocycles. The predicted octanol–water partition coefficient (Wildman–Crippen LogP) is 2.88. The molecule has 1 saturated heterocycles. The van der Waals surface area contributed by atoms with Crippen molar-refractivity contribution < 1.29 is 19.1 Å². The number of ether oxygens (including phenoxy) is 2. The van der Waals surface area contributed by atoms with Gasteiger partial charge in [0.1, 0.15) is 0 Å². The van der Waals surface area contributed by atoms with Gasteiger partial charge in [-0.25, -0.2) is 0 Å². The van der Waals surface area contributed by atoms with Crippen LogP contribution >= 0.6 is 0 Å². The van der Waals surface area contributed by atoms with Gasteiger partial charge >= 0.3 is 0 Å². The van der Waals surface area contributed by atoms with Gasteiger partial charge < -0.3 is 19.3 Å². The number of amides is 2. The molecule has 0 spiro atoms. The lowest BCUT2D eigenvalue weighted by molar-refractivity contribution is -0.138. The molecule has 0 bridgehead atoms. The molecule has 1 saturated carbocycles. The summed E-state index contributed by atoms with van der Waals surface area (Å²) >= 11 is 0. The first-order valence-electron chi connectivity index (χ1n) is 9.85. The summed E-state index contributed by atoms with van der Waals surface area (Å²) < 4.78 is 10.6. The largest absolute Gasteiger partial charge is 0.493 e. The Bertz CT molecular complexity index is 690. The van der Waals surface area contributed by atoms with E-state index in [0.717, 1.165) is 31.2 Å². The zero-order chi connectivity index (χ0) is 19.4. The Morgan fingerprint density at radius 3 is 2.04 bits per heavy atom. The Kier molecular flexibility index (Phi) is 6.24. The predicted molar refractivity (Wildman–Crippen MR) is 103 cm³/mol. The van der Waals surface area contributed by atoms with Crippen LogP contribution in [-0.4, -0.2) is 62.0 Å². The minimum atomic E-state index is -0.0155. The molecule has 0 atom stereocenters. The van der Waals surface area contributed by atoms with Crippen LogP contribution in [0.3, 0.4) is 0 Å². The van der Waals surface area contributed by atoms with Crippen LogP contribution in [0.4, 0.5) is 0 Å². The number of carbonyl (C=O) groups is 2. The minimum Gasteiger partial charge on any atom is -0.493 e. The van der Waals surface area contributed by atoms with Crippen LogP contribution in [0.15, 0.2) is 12.1 Å². The fourth-order valence-electron chi connectivity index (χ4n) is 4.12. The van der Waals surface area contributed by atoms with Crippen molar-refractivity contribution in [3.63, 3.8) is 0 Å². The van der Waals surface area contributed by atoms with Gasteiger partial charge in [-0.15, -0.1) is 0 Å². The van der Waals surface area contributed by atoms with Crippen molar-refractivity contribution in [2.45, 2.75) is 39.0 Å². The molecular weight excluding hydrogens is 344 g/mol. The van der Waals surface area contributed by atoms with Crippen LogP contribution in [0.2, 0.25) is 0 Å². The van der Waals surface area contributed by atoms with E-state index in [2.05, 4.69) is 0 Å². The summed E-state index contributed by atoms with van der Waals surface area (Å²) in [7, 11) is 3.15. The fourth-order valence-corrected chi connectivity index (χ4v) is 4.12. The highest BCUT2D eigenvalue weighted by atomic mass is 16.5. The van der Waals surface area contributed by atoms with E-state index in [-0.39, 0.29) is 17.7 Å². The normalized spacial score (nSPS) is 18.3. The second-order valence-electron chi connectivity index (χ2n) is 7.47. The minimum absolute atomic E-state index is 0.0155. The molecule has 2 aliphatic rings. The van der Waals surface area contributed by atoms with Gasteiger partial charge in [-0.05, 0) is 37.5 Å². The molecule has 6 heteroatoms. The zero-order valence-electron chi connectivity index (χ0n) is 16.6. The number of aryl methyl sites for hydroxylation is 1. The van der Waals surface area contributed by atoms with Gasteiger partial charge in [-0.3, -0.25) is 9.59 Å². The first-order chi connectivity index (χ1) is 13.0. The van der Waals surface area contributed by atoms with E-state index in [0.29, 0.717) is 43.2 Å². The first-order valence-corrected chi connectivity index (χ1v) is 9.85.